The second kappa shape index (κ2) is 9.63. The number of halogens is 1. The standard InChI is InChI=1S/C23H24FN5O4S3/c1-27-5-7-28(8-6-27)12-16-13-29-22(31)20(30)19(26-23(29)35-16)21-25-11-15(34-21)9-14-3-4-17(24)18(10-14)36(2,32)33/h3-4,10-11,13,30H,5-9,12H2,1-2H3. The zero-order valence-corrected chi connectivity index (χ0v) is 22.1. The summed E-state index contributed by atoms with van der Waals surface area (Å²) in [5.41, 5.74) is 0.163. The predicted octanol–water partition coefficient (Wildman–Crippen LogP) is 2.47. The number of likely N-dealkylation sites (N-methyl/N-ethyl adjacent to an activating group) is 1. The SMILES string of the molecule is CN1CCN(Cc2cn3c(=O)c(O)c(-c4ncc(Cc5ccc(F)c(S(C)(=O)=O)c5)s4)nc3s2)CC1. The molecule has 190 valence electrons. The van der Waals surface area contributed by atoms with Crippen LogP contribution in [0.4, 0.5) is 4.39 Å². The maximum atomic E-state index is 13.9. The molecule has 0 radical (unpaired) electrons. The average molecular weight is 550 g/mol. The fraction of sp³-hybridized carbons (Fsp3) is 0.348. The third-order valence-corrected chi connectivity index (χ3v) is 9.14. The van der Waals surface area contributed by atoms with E-state index in [2.05, 4.69) is 26.8 Å². The summed E-state index contributed by atoms with van der Waals surface area (Å²) >= 11 is 2.64. The topological polar surface area (TPSA) is 108 Å². The summed E-state index contributed by atoms with van der Waals surface area (Å²) in [4.78, 5) is 28.2. The number of aromatic nitrogens is 3. The van der Waals surface area contributed by atoms with E-state index in [1.807, 2.05) is 0 Å². The molecule has 1 aliphatic heterocycles. The minimum absolute atomic E-state index is 0.111. The molecule has 0 aliphatic carbocycles. The van der Waals surface area contributed by atoms with E-state index in [0.717, 1.165) is 48.3 Å². The number of hydrogen-bond acceptors (Lipinski definition) is 10. The maximum absolute atomic E-state index is 13.9. The lowest BCUT2D eigenvalue weighted by Crippen LogP contribution is -2.43. The minimum atomic E-state index is -3.70. The van der Waals surface area contributed by atoms with Gasteiger partial charge in [-0.25, -0.2) is 22.8 Å². The summed E-state index contributed by atoms with van der Waals surface area (Å²) in [6.45, 7) is 4.60. The van der Waals surface area contributed by atoms with Crippen molar-refractivity contribution >= 4 is 37.5 Å². The van der Waals surface area contributed by atoms with Gasteiger partial charge in [-0.2, -0.15) is 0 Å². The number of benzene rings is 1. The molecule has 0 amide bonds. The number of rotatable bonds is 6. The van der Waals surface area contributed by atoms with Gasteiger partial charge in [-0.15, -0.1) is 11.3 Å². The molecule has 4 aromatic rings. The molecule has 0 unspecified atom stereocenters. The van der Waals surface area contributed by atoms with Crippen LogP contribution in [-0.4, -0.2) is 77.2 Å². The number of sulfone groups is 1. The Morgan fingerprint density at radius 3 is 2.61 bits per heavy atom. The van der Waals surface area contributed by atoms with E-state index in [1.54, 1.807) is 12.4 Å². The number of aromatic hydroxyl groups is 1. The molecule has 1 N–H and O–H groups in total. The van der Waals surface area contributed by atoms with Crippen LogP contribution in [0, 0.1) is 5.82 Å². The molecule has 0 atom stereocenters. The first-order chi connectivity index (χ1) is 17.1. The number of hydrogen-bond donors (Lipinski definition) is 1. The second-order valence-electron chi connectivity index (χ2n) is 8.89. The van der Waals surface area contributed by atoms with Gasteiger partial charge < -0.3 is 10.0 Å². The fourth-order valence-corrected chi connectivity index (χ4v) is 6.80. The molecule has 3 aromatic heterocycles. The van der Waals surface area contributed by atoms with Crippen molar-refractivity contribution in [1.29, 1.82) is 0 Å². The van der Waals surface area contributed by atoms with Gasteiger partial charge in [-0.05, 0) is 24.7 Å². The third kappa shape index (κ3) is 5.06. The quantitative estimate of drug-likeness (QED) is 0.391. The van der Waals surface area contributed by atoms with Crippen LogP contribution in [0.5, 0.6) is 5.75 Å². The summed E-state index contributed by atoms with van der Waals surface area (Å²) in [6.07, 6.45) is 4.60. The van der Waals surface area contributed by atoms with Crippen molar-refractivity contribution in [2.24, 2.45) is 0 Å². The van der Waals surface area contributed by atoms with Gasteiger partial charge in [-0.1, -0.05) is 17.4 Å². The molecule has 4 heterocycles. The Kier molecular flexibility index (Phi) is 6.68. The van der Waals surface area contributed by atoms with Gasteiger partial charge in [0.1, 0.15) is 21.4 Å². The van der Waals surface area contributed by atoms with E-state index < -0.39 is 27.0 Å². The normalized spacial score (nSPS) is 15.6. The van der Waals surface area contributed by atoms with Crippen LogP contribution in [0.3, 0.4) is 0 Å². The molecular formula is C23H24FN5O4S3. The van der Waals surface area contributed by atoms with E-state index in [-0.39, 0.29) is 10.6 Å². The van der Waals surface area contributed by atoms with Crippen molar-refractivity contribution in [3.8, 4) is 16.5 Å². The summed E-state index contributed by atoms with van der Waals surface area (Å²) < 4.78 is 39.0. The minimum Gasteiger partial charge on any atom is -0.501 e. The van der Waals surface area contributed by atoms with Crippen LogP contribution >= 0.6 is 22.7 Å². The number of nitrogens with zero attached hydrogens (tertiary/aromatic N) is 5. The van der Waals surface area contributed by atoms with Crippen LogP contribution < -0.4 is 5.56 Å². The van der Waals surface area contributed by atoms with Crippen LogP contribution in [0.1, 0.15) is 15.3 Å². The molecular weight excluding hydrogens is 525 g/mol. The fourth-order valence-electron chi connectivity index (χ4n) is 4.07. The van der Waals surface area contributed by atoms with E-state index >= 15 is 0 Å². The van der Waals surface area contributed by atoms with Crippen LogP contribution in [-0.2, 0) is 22.8 Å². The monoisotopic (exact) mass is 549 g/mol. The van der Waals surface area contributed by atoms with Crippen molar-refractivity contribution in [3.05, 3.63) is 62.1 Å². The van der Waals surface area contributed by atoms with Gasteiger partial charge in [0.25, 0.3) is 0 Å². The highest BCUT2D eigenvalue weighted by molar-refractivity contribution is 7.90. The van der Waals surface area contributed by atoms with Crippen LogP contribution in [0.25, 0.3) is 15.7 Å². The van der Waals surface area contributed by atoms with Crippen molar-refractivity contribution in [2.45, 2.75) is 17.9 Å². The van der Waals surface area contributed by atoms with Gasteiger partial charge >= 0.3 is 5.56 Å². The molecule has 1 aromatic carbocycles. The highest BCUT2D eigenvalue weighted by Gasteiger charge is 2.21. The Bertz CT molecular complexity index is 1600. The van der Waals surface area contributed by atoms with Crippen molar-refractivity contribution in [2.75, 3.05) is 39.5 Å². The molecule has 13 heteroatoms. The Hall–Kier alpha value is -2.71. The number of thiazole rings is 2. The smallest absolute Gasteiger partial charge is 0.301 e. The molecule has 36 heavy (non-hydrogen) atoms. The highest BCUT2D eigenvalue weighted by atomic mass is 32.2. The van der Waals surface area contributed by atoms with E-state index in [0.29, 0.717) is 28.5 Å². The van der Waals surface area contributed by atoms with Crippen LogP contribution in [0.15, 0.2) is 40.3 Å². The Balaban J connectivity index is 1.41. The second-order valence-corrected chi connectivity index (χ2v) is 13.1. The van der Waals surface area contributed by atoms with Gasteiger partial charge in [0.15, 0.2) is 14.8 Å². The zero-order chi connectivity index (χ0) is 25.6. The van der Waals surface area contributed by atoms with E-state index in [1.165, 1.54) is 39.2 Å². The molecule has 0 spiro atoms. The lowest BCUT2D eigenvalue weighted by molar-refractivity contribution is 0.149. The molecule has 1 aliphatic rings. The first-order valence-corrected chi connectivity index (χ1v) is 14.7. The summed E-state index contributed by atoms with van der Waals surface area (Å²) in [5, 5.41) is 11.0. The Morgan fingerprint density at radius 1 is 1.14 bits per heavy atom. The number of fused-ring (bicyclic) bond motifs is 1. The van der Waals surface area contributed by atoms with E-state index in [9.17, 15) is 22.7 Å². The molecule has 9 nitrogen and oxygen atoms in total. The van der Waals surface area contributed by atoms with Gasteiger partial charge in [0.05, 0.1) is 0 Å². The van der Waals surface area contributed by atoms with Crippen molar-refractivity contribution in [3.63, 3.8) is 0 Å². The average Bonchev–Trinajstić information content (AvgIpc) is 3.45. The Morgan fingerprint density at radius 2 is 1.89 bits per heavy atom. The maximum Gasteiger partial charge on any atom is 0.301 e. The van der Waals surface area contributed by atoms with Gasteiger partial charge in [-0.3, -0.25) is 14.1 Å². The molecule has 1 saturated heterocycles. The van der Waals surface area contributed by atoms with E-state index in [4.69, 9.17) is 0 Å². The summed E-state index contributed by atoms with van der Waals surface area (Å²) in [7, 11) is -1.60. The van der Waals surface area contributed by atoms with Crippen LogP contribution in [0.2, 0.25) is 0 Å². The Labute approximate surface area is 215 Å². The van der Waals surface area contributed by atoms with Gasteiger partial charge in [0.2, 0.25) is 5.75 Å². The van der Waals surface area contributed by atoms with Gasteiger partial charge in [0, 0.05) is 67.5 Å². The lowest BCUT2D eigenvalue weighted by atomic mass is 10.1. The molecule has 5 rings (SSSR count). The first kappa shape index (κ1) is 25.0. The third-order valence-electron chi connectivity index (χ3n) is 6.06. The summed E-state index contributed by atoms with van der Waals surface area (Å²) in [6, 6.07) is 3.96. The molecule has 1 fully saturated rings. The molecule has 0 saturated carbocycles. The van der Waals surface area contributed by atoms with Crippen molar-refractivity contribution < 1.29 is 17.9 Å². The summed E-state index contributed by atoms with van der Waals surface area (Å²) in [5.74, 6) is -1.27. The zero-order valence-electron chi connectivity index (χ0n) is 19.6. The number of piperazine rings is 1. The largest absolute Gasteiger partial charge is 0.501 e. The molecule has 0 bridgehead atoms. The first-order valence-electron chi connectivity index (χ1n) is 11.2. The lowest BCUT2D eigenvalue weighted by Gasteiger charge is -2.31. The van der Waals surface area contributed by atoms with Crippen molar-refractivity contribution in [1.82, 2.24) is 24.2 Å². The highest BCUT2D eigenvalue weighted by Crippen LogP contribution is 2.31. The predicted molar refractivity (Wildman–Crippen MR) is 137 cm³/mol.